The van der Waals surface area contributed by atoms with Gasteiger partial charge < -0.3 is 5.32 Å². The fraction of sp³-hybridized carbons (Fsp3) is 1.00. The molecule has 1 atom stereocenters. The Hall–Kier alpha value is -0.0400. The van der Waals surface area contributed by atoms with Gasteiger partial charge in [0.1, 0.15) is 0 Å². The van der Waals surface area contributed by atoms with E-state index in [2.05, 4.69) is 19.2 Å². The zero-order valence-corrected chi connectivity index (χ0v) is 10.5. The Labute approximate surface area is 95.0 Å². The van der Waals surface area contributed by atoms with Crippen LogP contribution in [-0.2, 0) is 0 Å². The maximum Gasteiger partial charge on any atom is 0.0212 e. The molecule has 1 nitrogen and oxygen atoms in total. The van der Waals surface area contributed by atoms with Gasteiger partial charge in [-0.1, -0.05) is 33.1 Å². The average Bonchev–Trinajstić information content (AvgIpc) is 2.68. The van der Waals surface area contributed by atoms with Crippen molar-refractivity contribution in [1.82, 2.24) is 5.32 Å². The summed E-state index contributed by atoms with van der Waals surface area (Å²) in [5, 5.41) is 3.87. The molecule has 1 heteroatoms. The predicted octanol–water partition coefficient (Wildman–Crippen LogP) is 3.74. The maximum atomic E-state index is 3.87. The maximum absolute atomic E-state index is 3.87. The molecular formula is C14H27N. The van der Waals surface area contributed by atoms with E-state index in [1.807, 2.05) is 0 Å². The lowest BCUT2D eigenvalue weighted by Gasteiger charge is -2.41. The molecule has 0 radical (unpaired) electrons. The van der Waals surface area contributed by atoms with Crippen LogP contribution < -0.4 is 5.32 Å². The quantitative estimate of drug-likeness (QED) is 0.746. The van der Waals surface area contributed by atoms with Crippen molar-refractivity contribution in [1.29, 1.82) is 0 Å². The van der Waals surface area contributed by atoms with Crippen LogP contribution in [0.2, 0.25) is 0 Å². The van der Waals surface area contributed by atoms with Crippen LogP contribution in [0, 0.1) is 11.8 Å². The molecule has 1 unspecified atom stereocenters. The number of hydrogen-bond donors (Lipinski definition) is 1. The van der Waals surface area contributed by atoms with Crippen LogP contribution in [0.25, 0.3) is 0 Å². The van der Waals surface area contributed by atoms with Crippen LogP contribution in [0.3, 0.4) is 0 Å². The molecule has 2 aliphatic rings. The van der Waals surface area contributed by atoms with Crippen molar-refractivity contribution < 1.29 is 0 Å². The molecule has 0 aromatic carbocycles. The first-order chi connectivity index (χ1) is 7.23. The van der Waals surface area contributed by atoms with E-state index in [4.69, 9.17) is 0 Å². The van der Waals surface area contributed by atoms with Crippen molar-refractivity contribution in [3.05, 3.63) is 0 Å². The number of hydrogen-bond acceptors (Lipinski definition) is 1. The van der Waals surface area contributed by atoms with Crippen LogP contribution in [0.15, 0.2) is 0 Å². The summed E-state index contributed by atoms with van der Waals surface area (Å²) in [7, 11) is 0. The number of nitrogens with one attached hydrogen (secondary N) is 1. The molecule has 1 heterocycles. The van der Waals surface area contributed by atoms with Gasteiger partial charge in [0.05, 0.1) is 0 Å². The Morgan fingerprint density at radius 3 is 2.40 bits per heavy atom. The predicted molar refractivity (Wildman–Crippen MR) is 66.0 cm³/mol. The van der Waals surface area contributed by atoms with Crippen molar-refractivity contribution in [3.8, 4) is 0 Å². The number of rotatable bonds is 3. The highest BCUT2D eigenvalue weighted by molar-refractivity contribution is 4.99. The largest absolute Gasteiger partial charge is 0.311 e. The van der Waals surface area contributed by atoms with Crippen LogP contribution in [0.4, 0.5) is 0 Å². The molecule has 0 spiro atoms. The Balaban J connectivity index is 2.03. The molecule has 1 N–H and O–H groups in total. The van der Waals surface area contributed by atoms with Crippen LogP contribution in [-0.4, -0.2) is 12.1 Å². The summed E-state index contributed by atoms with van der Waals surface area (Å²) in [6.45, 7) is 6.03. The fourth-order valence-electron chi connectivity index (χ4n) is 3.90. The van der Waals surface area contributed by atoms with E-state index in [0.717, 1.165) is 11.8 Å². The van der Waals surface area contributed by atoms with Gasteiger partial charge in [0.25, 0.3) is 0 Å². The second-order valence-corrected chi connectivity index (χ2v) is 6.12. The highest BCUT2D eigenvalue weighted by atomic mass is 15.0. The van der Waals surface area contributed by atoms with Gasteiger partial charge in [0.2, 0.25) is 0 Å². The molecule has 0 amide bonds. The lowest BCUT2D eigenvalue weighted by molar-refractivity contribution is 0.153. The highest BCUT2D eigenvalue weighted by Gasteiger charge is 2.41. The summed E-state index contributed by atoms with van der Waals surface area (Å²) in [4.78, 5) is 0. The SMILES string of the molecule is CC(C)CC1(C2CCCCC2)CCCN1. The summed E-state index contributed by atoms with van der Waals surface area (Å²) in [6, 6.07) is 0. The van der Waals surface area contributed by atoms with E-state index in [1.54, 1.807) is 0 Å². The smallest absolute Gasteiger partial charge is 0.0212 e. The van der Waals surface area contributed by atoms with E-state index >= 15 is 0 Å². The summed E-state index contributed by atoms with van der Waals surface area (Å²) in [5.41, 5.74) is 0.536. The van der Waals surface area contributed by atoms with E-state index in [9.17, 15) is 0 Å². The monoisotopic (exact) mass is 209 g/mol. The van der Waals surface area contributed by atoms with Gasteiger partial charge in [-0.05, 0) is 50.5 Å². The average molecular weight is 209 g/mol. The van der Waals surface area contributed by atoms with Gasteiger partial charge in [-0.25, -0.2) is 0 Å². The van der Waals surface area contributed by atoms with Gasteiger partial charge in [0, 0.05) is 5.54 Å². The summed E-state index contributed by atoms with van der Waals surface area (Å²) >= 11 is 0. The molecule has 2 fully saturated rings. The first-order valence-corrected chi connectivity index (χ1v) is 6.98. The molecule has 1 aliphatic carbocycles. The Kier molecular flexibility index (Phi) is 3.71. The van der Waals surface area contributed by atoms with E-state index in [1.165, 1.54) is 57.9 Å². The lowest BCUT2D eigenvalue weighted by atomic mass is 9.70. The third-order valence-corrected chi connectivity index (χ3v) is 4.44. The van der Waals surface area contributed by atoms with Gasteiger partial charge in [-0.15, -0.1) is 0 Å². The first kappa shape index (κ1) is 11.4. The van der Waals surface area contributed by atoms with E-state index in [-0.39, 0.29) is 0 Å². The summed E-state index contributed by atoms with van der Waals surface area (Å²) in [5.74, 6) is 1.83. The lowest BCUT2D eigenvalue weighted by Crippen LogP contribution is -2.48. The van der Waals surface area contributed by atoms with Crippen LogP contribution in [0.5, 0.6) is 0 Å². The van der Waals surface area contributed by atoms with Crippen LogP contribution in [0.1, 0.15) is 65.2 Å². The van der Waals surface area contributed by atoms with Gasteiger partial charge >= 0.3 is 0 Å². The van der Waals surface area contributed by atoms with Crippen LogP contribution >= 0.6 is 0 Å². The molecule has 0 aromatic heterocycles. The Bertz CT molecular complexity index is 186. The van der Waals surface area contributed by atoms with Gasteiger partial charge in [0.15, 0.2) is 0 Å². The second-order valence-electron chi connectivity index (χ2n) is 6.12. The molecular weight excluding hydrogens is 182 g/mol. The summed E-state index contributed by atoms with van der Waals surface area (Å²) < 4.78 is 0. The van der Waals surface area contributed by atoms with Crippen molar-refractivity contribution in [2.24, 2.45) is 11.8 Å². The third-order valence-electron chi connectivity index (χ3n) is 4.44. The van der Waals surface area contributed by atoms with Gasteiger partial charge in [-0.3, -0.25) is 0 Å². The molecule has 1 aliphatic heterocycles. The zero-order chi connectivity index (χ0) is 10.7. The molecule has 1 saturated heterocycles. The van der Waals surface area contributed by atoms with Crippen molar-refractivity contribution in [3.63, 3.8) is 0 Å². The molecule has 88 valence electrons. The highest BCUT2D eigenvalue weighted by Crippen LogP contribution is 2.41. The van der Waals surface area contributed by atoms with Crippen molar-refractivity contribution >= 4 is 0 Å². The zero-order valence-electron chi connectivity index (χ0n) is 10.5. The van der Waals surface area contributed by atoms with Crippen molar-refractivity contribution in [2.45, 2.75) is 70.8 Å². The topological polar surface area (TPSA) is 12.0 Å². The molecule has 1 saturated carbocycles. The third kappa shape index (κ3) is 2.55. The fourth-order valence-corrected chi connectivity index (χ4v) is 3.90. The van der Waals surface area contributed by atoms with Gasteiger partial charge in [-0.2, -0.15) is 0 Å². The molecule has 15 heavy (non-hydrogen) atoms. The second kappa shape index (κ2) is 4.86. The van der Waals surface area contributed by atoms with E-state index in [0.29, 0.717) is 5.54 Å². The normalized spacial score (nSPS) is 33.8. The molecule has 0 aromatic rings. The minimum Gasteiger partial charge on any atom is -0.311 e. The Morgan fingerprint density at radius 2 is 1.87 bits per heavy atom. The summed E-state index contributed by atoms with van der Waals surface area (Å²) in [6.07, 6.45) is 11.7. The minimum atomic E-state index is 0.536. The molecule has 0 bridgehead atoms. The Morgan fingerprint density at radius 1 is 1.13 bits per heavy atom. The minimum absolute atomic E-state index is 0.536. The standard InChI is InChI=1S/C14H27N/c1-12(2)11-14(9-6-10-15-14)13-7-4-3-5-8-13/h12-13,15H,3-11H2,1-2H3. The van der Waals surface area contributed by atoms with E-state index < -0.39 is 0 Å². The molecule has 2 rings (SSSR count). The van der Waals surface area contributed by atoms with Crippen molar-refractivity contribution in [2.75, 3.05) is 6.54 Å². The first-order valence-electron chi connectivity index (χ1n) is 6.98.